The molecular weight excluding hydrogens is 488 g/mol. The number of hydrogen-bond donors (Lipinski definition) is 2. The minimum atomic E-state index is -0.710. The average molecular weight is 549 g/mol. The van der Waals surface area contributed by atoms with Gasteiger partial charge in [-0.1, -0.05) is 96.8 Å². The number of carboxylic acids is 1. The molecule has 0 amide bonds. The standard InChI is InChI=1S/C30H60O8/c1-2-3-4-5-6-7-8-9-10-11-12-13-14-15-16-29(30(32)33)17-19-34-21-23-36-25-27-38-28-26-37-24-22-35-20-18-31/h29,31H,2-28H2,1H3,(H,32,33). The van der Waals surface area contributed by atoms with Crippen LogP contribution in [0, 0.1) is 5.92 Å². The number of aliphatic hydroxyl groups is 1. The zero-order valence-corrected chi connectivity index (χ0v) is 24.5. The summed E-state index contributed by atoms with van der Waals surface area (Å²) in [5.41, 5.74) is 0. The van der Waals surface area contributed by atoms with Crippen LogP contribution >= 0.6 is 0 Å². The van der Waals surface area contributed by atoms with Crippen LogP contribution in [0.3, 0.4) is 0 Å². The molecule has 0 aromatic rings. The van der Waals surface area contributed by atoms with Crippen LogP contribution in [0.15, 0.2) is 0 Å². The number of hydrogen-bond acceptors (Lipinski definition) is 7. The summed E-state index contributed by atoms with van der Waals surface area (Å²) < 4.78 is 26.9. The Bertz CT molecular complexity index is 464. The summed E-state index contributed by atoms with van der Waals surface area (Å²) >= 11 is 0. The fraction of sp³-hybridized carbons (Fsp3) is 0.967. The van der Waals surface area contributed by atoms with Crippen LogP contribution in [-0.2, 0) is 28.5 Å². The molecule has 0 fully saturated rings. The lowest BCUT2D eigenvalue weighted by Crippen LogP contribution is -2.17. The maximum atomic E-state index is 11.5. The Labute approximate surface area is 233 Å². The summed E-state index contributed by atoms with van der Waals surface area (Å²) in [6, 6.07) is 0. The fourth-order valence-electron chi connectivity index (χ4n) is 4.25. The molecule has 0 heterocycles. The van der Waals surface area contributed by atoms with Gasteiger partial charge in [0.2, 0.25) is 0 Å². The molecule has 38 heavy (non-hydrogen) atoms. The largest absolute Gasteiger partial charge is 0.481 e. The van der Waals surface area contributed by atoms with Crippen molar-refractivity contribution in [3.63, 3.8) is 0 Å². The fourth-order valence-corrected chi connectivity index (χ4v) is 4.25. The molecule has 228 valence electrons. The molecule has 1 unspecified atom stereocenters. The first-order valence-corrected chi connectivity index (χ1v) is 15.4. The van der Waals surface area contributed by atoms with Crippen molar-refractivity contribution in [1.82, 2.24) is 0 Å². The predicted molar refractivity (Wildman–Crippen MR) is 152 cm³/mol. The van der Waals surface area contributed by atoms with Crippen molar-refractivity contribution < 1.29 is 38.7 Å². The van der Waals surface area contributed by atoms with Crippen molar-refractivity contribution in [3.8, 4) is 0 Å². The minimum absolute atomic E-state index is 0.0244. The Morgan fingerprint density at radius 2 is 0.842 bits per heavy atom. The predicted octanol–water partition coefficient (Wildman–Crippen LogP) is 6.02. The van der Waals surface area contributed by atoms with Crippen molar-refractivity contribution in [3.05, 3.63) is 0 Å². The topological polar surface area (TPSA) is 104 Å². The molecule has 0 aliphatic carbocycles. The van der Waals surface area contributed by atoms with Gasteiger partial charge in [-0.05, 0) is 12.8 Å². The van der Waals surface area contributed by atoms with Crippen molar-refractivity contribution in [2.45, 2.75) is 110 Å². The maximum absolute atomic E-state index is 11.5. The van der Waals surface area contributed by atoms with E-state index in [9.17, 15) is 9.90 Å². The summed E-state index contributed by atoms with van der Waals surface area (Å²) in [6.45, 7) is 6.93. The second-order valence-corrected chi connectivity index (χ2v) is 9.99. The molecule has 0 saturated carbocycles. The molecule has 0 aliphatic rings. The molecule has 0 aromatic heterocycles. The molecule has 2 N–H and O–H groups in total. The summed E-state index contributed by atoms with van der Waals surface area (Å²) in [7, 11) is 0. The van der Waals surface area contributed by atoms with Crippen LogP contribution in [0.2, 0.25) is 0 Å². The van der Waals surface area contributed by atoms with Gasteiger partial charge in [0.1, 0.15) is 0 Å². The van der Waals surface area contributed by atoms with Gasteiger partial charge >= 0.3 is 5.97 Å². The Hall–Kier alpha value is -0.770. The van der Waals surface area contributed by atoms with E-state index >= 15 is 0 Å². The molecule has 0 aromatic carbocycles. The van der Waals surface area contributed by atoms with E-state index in [0.717, 1.165) is 19.3 Å². The number of rotatable bonds is 33. The lowest BCUT2D eigenvalue weighted by molar-refractivity contribution is -0.142. The molecule has 0 bridgehead atoms. The van der Waals surface area contributed by atoms with E-state index in [2.05, 4.69) is 6.92 Å². The summed E-state index contributed by atoms with van der Waals surface area (Å²) in [5, 5.41) is 18.1. The minimum Gasteiger partial charge on any atom is -0.481 e. The SMILES string of the molecule is CCCCCCCCCCCCCCCCC(CCOCCOCCOCCOCCOCCO)C(=O)O. The van der Waals surface area contributed by atoms with E-state index in [-0.39, 0.29) is 12.5 Å². The number of unbranched alkanes of at least 4 members (excludes halogenated alkanes) is 13. The zero-order valence-electron chi connectivity index (χ0n) is 24.5. The van der Waals surface area contributed by atoms with Crippen LogP contribution in [0.4, 0.5) is 0 Å². The maximum Gasteiger partial charge on any atom is 0.306 e. The number of carbonyl (C=O) groups is 1. The van der Waals surface area contributed by atoms with Gasteiger partial charge in [-0.2, -0.15) is 0 Å². The molecule has 0 radical (unpaired) electrons. The van der Waals surface area contributed by atoms with Gasteiger partial charge in [0, 0.05) is 6.61 Å². The first-order valence-electron chi connectivity index (χ1n) is 15.4. The third kappa shape index (κ3) is 29.8. The van der Waals surface area contributed by atoms with Gasteiger partial charge in [-0.15, -0.1) is 0 Å². The number of aliphatic carboxylic acids is 1. The van der Waals surface area contributed by atoms with Crippen LogP contribution in [0.1, 0.15) is 110 Å². The monoisotopic (exact) mass is 548 g/mol. The van der Waals surface area contributed by atoms with E-state index in [1.165, 1.54) is 77.0 Å². The van der Waals surface area contributed by atoms with E-state index in [1.54, 1.807) is 0 Å². The first kappa shape index (κ1) is 37.2. The highest BCUT2D eigenvalue weighted by molar-refractivity contribution is 5.69. The Morgan fingerprint density at radius 1 is 0.500 bits per heavy atom. The van der Waals surface area contributed by atoms with Crippen molar-refractivity contribution in [2.24, 2.45) is 5.92 Å². The summed E-state index contributed by atoms with van der Waals surface area (Å²) in [6.07, 6.45) is 19.6. The van der Waals surface area contributed by atoms with Gasteiger partial charge in [0.05, 0.1) is 72.0 Å². The Balaban J connectivity index is 3.38. The van der Waals surface area contributed by atoms with Crippen LogP contribution in [0.5, 0.6) is 0 Å². The molecule has 0 aliphatic heterocycles. The van der Waals surface area contributed by atoms with Crippen LogP contribution in [-0.4, -0.2) is 88.9 Å². The van der Waals surface area contributed by atoms with Crippen molar-refractivity contribution in [2.75, 3.05) is 72.7 Å². The van der Waals surface area contributed by atoms with E-state index < -0.39 is 5.97 Å². The lowest BCUT2D eigenvalue weighted by Gasteiger charge is -2.12. The van der Waals surface area contributed by atoms with Gasteiger partial charge in [-0.3, -0.25) is 4.79 Å². The number of aliphatic hydroxyl groups excluding tert-OH is 1. The normalized spacial score (nSPS) is 12.3. The highest BCUT2D eigenvalue weighted by atomic mass is 16.6. The molecule has 0 saturated heterocycles. The van der Waals surface area contributed by atoms with E-state index in [0.29, 0.717) is 72.5 Å². The van der Waals surface area contributed by atoms with Crippen LogP contribution < -0.4 is 0 Å². The van der Waals surface area contributed by atoms with Crippen molar-refractivity contribution >= 4 is 5.97 Å². The van der Waals surface area contributed by atoms with Crippen molar-refractivity contribution in [1.29, 1.82) is 0 Å². The van der Waals surface area contributed by atoms with Gasteiger partial charge in [-0.25, -0.2) is 0 Å². The van der Waals surface area contributed by atoms with Crippen LogP contribution in [0.25, 0.3) is 0 Å². The van der Waals surface area contributed by atoms with Gasteiger partial charge in [0.15, 0.2) is 0 Å². The highest BCUT2D eigenvalue weighted by Gasteiger charge is 2.16. The second-order valence-electron chi connectivity index (χ2n) is 9.99. The summed E-state index contributed by atoms with van der Waals surface area (Å²) in [4.78, 5) is 11.5. The van der Waals surface area contributed by atoms with E-state index in [4.69, 9.17) is 28.8 Å². The molecule has 0 spiro atoms. The van der Waals surface area contributed by atoms with Gasteiger partial charge < -0.3 is 33.9 Å². The summed E-state index contributed by atoms with van der Waals surface area (Å²) in [5.74, 6) is -1.02. The molecule has 8 nitrogen and oxygen atoms in total. The molecular formula is C30H60O8. The number of ether oxygens (including phenoxy) is 5. The third-order valence-electron chi connectivity index (χ3n) is 6.59. The zero-order chi connectivity index (χ0) is 27.8. The Morgan fingerprint density at radius 3 is 1.21 bits per heavy atom. The first-order chi connectivity index (χ1) is 18.7. The third-order valence-corrected chi connectivity index (χ3v) is 6.59. The number of carboxylic acid groups (broad SMARTS) is 1. The highest BCUT2D eigenvalue weighted by Crippen LogP contribution is 2.17. The second kappa shape index (κ2) is 32.4. The van der Waals surface area contributed by atoms with Gasteiger partial charge in [0.25, 0.3) is 0 Å². The molecule has 0 rings (SSSR count). The van der Waals surface area contributed by atoms with E-state index in [1.807, 2.05) is 0 Å². The quantitative estimate of drug-likeness (QED) is 0.0959. The smallest absolute Gasteiger partial charge is 0.306 e. The molecule has 8 heteroatoms. The molecule has 1 atom stereocenters. The Kier molecular flexibility index (Phi) is 31.8. The average Bonchev–Trinajstić information content (AvgIpc) is 2.91. The lowest BCUT2D eigenvalue weighted by atomic mass is 9.97.